The number of Topliss-reactive ketones (excluding diaryl/α,β-unsaturated/α-hetero) is 1. The van der Waals surface area contributed by atoms with Gasteiger partial charge in [0.25, 0.3) is 0 Å². The first-order valence-corrected chi connectivity index (χ1v) is 13.7. The molecule has 0 aliphatic carbocycles. The summed E-state index contributed by atoms with van der Waals surface area (Å²) in [4.78, 5) is 42.0. The van der Waals surface area contributed by atoms with Crippen molar-refractivity contribution < 1.29 is 14.3 Å². The molecule has 0 spiro atoms. The SMILES string of the molecule is CCC(=O)CCCCC[C@H](NC(=O)CN1CCN(C)CC1)c1ncc(-c2cc(OC)c3ccccc3n2)[nH]1.Cl.Cl.Cl. The van der Waals surface area contributed by atoms with Crippen molar-refractivity contribution in [2.24, 2.45) is 0 Å². The first-order valence-electron chi connectivity index (χ1n) is 13.7. The number of nitrogens with one attached hydrogen (secondary N) is 2. The van der Waals surface area contributed by atoms with E-state index in [1.54, 1.807) is 13.3 Å². The van der Waals surface area contributed by atoms with E-state index in [-0.39, 0.29) is 49.2 Å². The third-order valence-electron chi connectivity index (χ3n) is 7.24. The number of H-pyrrole nitrogens is 1. The van der Waals surface area contributed by atoms with Gasteiger partial charge in [-0.1, -0.05) is 31.9 Å². The first-order chi connectivity index (χ1) is 18.5. The molecule has 1 atom stereocenters. The number of amides is 1. The number of benzene rings is 1. The number of para-hydroxylation sites is 1. The Hall–Kier alpha value is -2.43. The number of likely N-dealkylation sites (N-methyl/N-ethyl adjacent to an activating group) is 1. The predicted molar refractivity (Wildman–Crippen MR) is 171 cm³/mol. The Balaban J connectivity index is 0.00000280. The molecule has 0 radical (unpaired) electrons. The van der Waals surface area contributed by atoms with E-state index in [0.29, 0.717) is 31.0 Å². The van der Waals surface area contributed by atoms with Crippen LogP contribution < -0.4 is 10.1 Å². The molecule has 41 heavy (non-hydrogen) atoms. The molecule has 1 aliphatic rings. The molecule has 2 aromatic heterocycles. The molecule has 3 aromatic rings. The number of aromatic amines is 1. The molecule has 1 aliphatic heterocycles. The van der Waals surface area contributed by atoms with E-state index >= 15 is 0 Å². The number of halogens is 3. The van der Waals surface area contributed by atoms with E-state index in [9.17, 15) is 9.59 Å². The second-order valence-electron chi connectivity index (χ2n) is 10.1. The van der Waals surface area contributed by atoms with Crippen LogP contribution in [0.2, 0.25) is 0 Å². The summed E-state index contributed by atoms with van der Waals surface area (Å²) < 4.78 is 5.61. The lowest BCUT2D eigenvalue weighted by Crippen LogP contribution is -2.48. The number of imidazole rings is 1. The maximum Gasteiger partial charge on any atom is 0.234 e. The number of ketones is 1. The van der Waals surface area contributed by atoms with Gasteiger partial charge in [-0.25, -0.2) is 9.97 Å². The van der Waals surface area contributed by atoms with E-state index < -0.39 is 0 Å². The number of fused-ring (bicyclic) bond motifs is 1. The van der Waals surface area contributed by atoms with Crippen molar-refractivity contribution in [3.05, 3.63) is 42.4 Å². The predicted octanol–water partition coefficient (Wildman–Crippen LogP) is 5.23. The van der Waals surface area contributed by atoms with Crippen LogP contribution in [0.3, 0.4) is 0 Å². The molecule has 1 aromatic carbocycles. The van der Waals surface area contributed by atoms with E-state index in [1.807, 2.05) is 37.3 Å². The number of carbonyl (C=O) groups excluding carboxylic acids is 2. The lowest BCUT2D eigenvalue weighted by molar-refractivity contribution is -0.123. The van der Waals surface area contributed by atoms with Crippen molar-refractivity contribution in [1.29, 1.82) is 0 Å². The summed E-state index contributed by atoms with van der Waals surface area (Å²) in [6.07, 6.45) is 6.44. The van der Waals surface area contributed by atoms with E-state index in [4.69, 9.17) is 9.72 Å². The van der Waals surface area contributed by atoms with Crippen LogP contribution in [-0.2, 0) is 9.59 Å². The largest absolute Gasteiger partial charge is 0.496 e. The van der Waals surface area contributed by atoms with Crippen LogP contribution in [0.25, 0.3) is 22.3 Å². The van der Waals surface area contributed by atoms with Gasteiger partial charge in [-0.3, -0.25) is 14.5 Å². The highest BCUT2D eigenvalue weighted by Crippen LogP contribution is 2.30. The zero-order valence-corrected chi connectivity index (χ0v) is 26.5. The maximum atomic E-state index is 13.0. The third-order valence-corrected chi connectivity index (χ3v) is 7.24. The Morgan fingerprint density at radius 2 is 1.80 bits per heavy atom. The Bertz CT molecular complexity index is 1230. The highest BCUT2D eigenvalue weighted by atomic mass is 35.5. The van der Waals surface area contributed by atoms with E-state index in [1.165, 1.54) is 0 Å². The summed E-state index contributed by atoms with van der Waals surface area (Å²) in [5.41, 5.74) is 2.35. The van der Waals surface area contributed by atoms with E-state index in [2.05, 4.69) is 32.1 Å². The van der Waals surface area contributed by atoms with Gasteiger partial charge in [0.15, 0.2) is 0 Å². The number of unbranched alkanes of at least 4 members (excludes halogenated alkanes) is 2. The summed E-state index contributed by atoms with van der Waals surface area (Å²) in [6, 6.07) is 9.54. The number of hydrogen-bond acceptors (Lipinski definition) is 7. The van der Waals surface area contributed by atoms with Gasteiger partial charge < -0.3 is 19.9 Å². The third kappa shape index (κ3) is 10.4. The number of nitrogens with zero attached hydrogens (tertiary/aromatic N) is 4. The molecule has 0 saturated carbocycles. The quantitative estimate of drug-likeness (QED) is 0.250. The Morgan fingerprint density at radius 3 is 2.51 bits per heavy atom. The lowest BCUT2D eigenvalue weighted by Gasteiger charge is -2.32. The lowest BCUT2D eigenvalue weighted by atomic mass is 10.0. The Kier molecular flexibility index (Phi) is 16.2. The topological polar surface area (TPSA) is 103 Å². The van der Waals surface area contributed by atoms with Crippen molar-refractivity contribution in [3.8, 4) is 17.1 Å². The van der Waals surface area contributed by atoms with Gasteiger partial charge in [-0.15, -0.1) is 37.2 Å². The minimum absolute atomic E-state index is 0. The molecule has 12 heteroatoms. The molecule has 1 saturated heterocycles. The average Bonchev–Trinajstić information content (AvgIpc) is 3.43. The standard InChI is InChI=1S/C29H40N6O3.3ClH/c1-4-21(36)10-6-5-7-13-24(32-28(37)20-35-16-14-34(2)15-17-35)29-30-19-26(33-29)25-18-27(38-3)22-11-8-9-12-23(22)31-25;;;/h8-9,11-12,18-19,24H,4-7,10,13-17,20H2,1-3H3,(H,30,33)(H,32,37);3*1H/t24-;;;/m0.../s1. The van der Waals surface area contributed by atoms with Gasteiger partial charge in [0.2, 0.25) is 5.91 Å². The number of ether oxygens (including phenoxy) is 1. The van der Waals surface area contributed by atoms with Crippen molar-refractivity contribution >= 4 is 59.8 Å². The molecular formula is C29H43Cl3N6O3. The number of piperazine rings is 1. The molecule has 228 valence electrons. The molecule has 9 nitrogen and oxygen atoms in total. The van der Waals surface area contributed by atoms with Gasteiger partial charge >= 0.3 is 0 Å². The van der Waals surface area contributed by atoms with E-state index in [0.717, 1.165) is 79.9 Å². The van der Waals surface area contributed by atoms with Crippen LogP contribution in [-0.4, -0.2) is 83.3 Å². The number of hydrogen-bond donors (Lipinski definition) is 2. The normalized spacial score (nSPS) is 14.3. The highest BCUT2D eigenvalue weighted by Gasteiger charge is 2.22. The van der Waals surface area contributed by atoms with Crippen LogP contribution in [0.1, 0.15) is 57.3 Å². The fourth-order valence-electron chi connectivity index (χ4n) is 4.84. The zero-order chi connectivity index (χ0) is 26.9. The molecule has 1 amide bonds. The minimum Gasteiger partial charge on any atom is -0.496 e. The van der Waals surface area contributed by atoms with Crippen molar-refractivity contribution in [3.63, 3.8) is 0 Å². The number of rotatable bonds is 13. The molecule has 4 rings (SSSR count). The summed E-state index contributed by atoms with van der Waals surface area (Å²) in [5, 5.41) is 4.17. The Labute approximate surface area is 261 Å². The fraction of sp³-hybridized carbons (Fsp3) is 0.517. The maximum absolute atomic E-state index is 13.0. The zero-order valence-electron chi connectivity index (χ0n) is 24.1. The minimum atomic E-state index is -0.243. The number of carbonyl (C=O) groups is 2. The van der Waals surface area contributed by atoms with Crippen LogP contribution in [0.5, 0.6) is 5.75 Å². The smallest absolute Gasteiger partial charge is 0.234 e. The second-order valence-corrected chi connectivity index (χ2v) is 10.1. The molecule has 1 fully saturated rings. The first kappa shape index (κ1) is 36.6. The van der Waals surface area contributed by atoms with Gasteiger partial charge in [-0.2, -0.15) is 0 Å². The fourth-order valence-corrected chi connectivity index (χ4v) is 4.84. The van der Waals surface area contributed by atoms with Crippen LogP contribution in [0.15, 0.2) is 36.5 Å². The molecule has 0 unspecified atom stereocenters. The second kappa shape index (κ2) is 18.2. The summed E-state index contributed by atoms with van der Waals surface area (Å²) in [6.45, 7) is 6.00. The Morgan fingerprint density at radius 1 is 1.07 bits per heavy atom. The number of methoxy groups -OCH3 is 1. The number of aromatic nitrogens is 3. The summed E-state index contributed by atoms with van der Waals surface area (Å²) in [7, 11) is 3.76. The van der Waals surface area contributed by atoms with Gasteiger partial charge in [0.1, 0.15) is 17.4 Å². The number of pyridine rings is 1. The van der Waals surface area contributed by atoms with Gasteiger partial charge in [0.05, 0.1) is 42.8 Å². The molecule has 0 bridgehead atoms. The van der Waals surface area contributed by atoms with Crippen molar-refractivity contribution in [2.45, 2.75) is 51.5 Å². The molecule has 3 heterocycles. The van der Waals surface area contributed by atoms with Gasteiger partial charge in [-0.05, 0) is 32.0 Å². The molecule has 2 N–H and O–H groups in total. The van der Waals surface area contributed by atoms with Gasteiger partial charge in [0, 0.05) is 50.5 Å². The van der Waals surface area contributed by atoms with Crippen molar-refractivity contribution in [2.75, 3.05) is 46.9 Å². The summed E-state index contributed by atoms with van der Waals surface area (Å²) >= 11 is 0. The van der Waals surface area contributed by atoms with Crippen LogP contribution in [0.4, 0.5) is 0 Å². The molecular weight excluding hydrogens is 587 g/mol. The van der Waals surface area contributed by atoms with Crippen molar-refractivity contribution in [1.82, 2.24) is 30.1 Å². The summed E-state index contributed by atoms with van der Waals surface area (Å²) in [5.74, 6) is 1.77. The average molecular weight is 630 g/mol. The van der Waals surface area contributed by atoms with Crippen LogP contribution in [0, 0.1) is 0 Å². The van der Waals surface area contributed by atoms with Crippen LogP contribution >= 0.6 is 37.2 Å². The monoisotopic (exact) mass is 628 g/mol. The highest BCUT2D eigenvalue weighted by molar-refractivity contribution is 5.87.